The highest BCUT2D eigenvalue weighted by Crippen LogP contribution is 2.26. The number of hydrogen-bond donors (Lipinski definition) is 1. The van der Waals surface area contributed by atoms with E-state index in [0.29, 0.717) is 17.4 Å². The molecule has 114 valence electrons. The molecule has 1 fully saturated rings. The van der Waals surface area contributed by atoms with Crippen molar-refractivity contribution in [1.29, 1.82) is 0 Å². The second-order valence-electron chi connectivity index (χ2n) is 5.54. The van der Waals surface area contributed by atoms with Crippen LogP contribution in [0.15, 0.2) is 23.1 Å². The van der Waals surface area contributed by atoms with E-state index >= 15 is 0 Å². The van der Waals surface area contributed by atoms with Gasteiger partial charge in [-0.05, 0) is 30.9 Å². The van der Waals surface area contributed by atoms with Gasteiger partial charge < -0.3 is 15.0 Å². The first kappa shape index (κ1) is 14.3. The van der Waals surface area contributed by atoms with Crippen molar-refractivity contribution in [3.63, 3.8) is 0 Å². The predicted octanol–water partition coefficient (Wildman–Crippen LogP) is 1.45. The number of rotatable bonds is 4. The summed E-state index contributed by atoms with van der Waals surface area (Å²) in [6, 6.07) is 5.16. The van der Waals surface area contributed by atoms with Crippen molar-refractivity contribution < 1.29 is 13.2 Å². The molecule has 1 atom stereocenters. The Labute approximate surface area is 123 Å². The number of fused-ring (bicyclic) bond motifs is 1. The number of imidazole rings is 1. The first-order valence-electron chi connectivity index (χ1n) is 6.99. The van der Waals surface area contributed by atoms with E-state index in [2.05, 4.69) is 4.98 Å². The molecule has 1 aromatic heterocycles. The van der Waals surface area contributed by atoms with Crippen LogP contribution in [-0.4, -0.2) is 37.4 Å². The van der Waals surface area contributed by atoms with E-state index in [1.54, 1.807) is 12.1 Å². The van der Waals surface area contributed by atoms with Crippen molar-refractivity contribution >= 4 is 26.8 Å². The van der Waals surface area contributed by atoms with Gasteiger partial charge in [0, 0.05) is 26.0 Å². The fourth-order valence-electron chi connectivity index (χ4n) is 2.80. The second kappa shape index (κ2) is 5.31. The highest BCUT2D eigenvalue weighted by atomic mass is 32.2. The topological polar surface area (TPSA) is 87.2 Å². The van der Waals surface area contributed by atoms with E-state index in [1.165, 1.54) is 6.26 Å². The van der Waals surface area contributed by atoms with E-state index in [9.17, 15) is 8.42 Å². The van der Waals surface area contributed by atoms with Gasteiger partial charge in [-0.2, -0.15) is 0 Å². The normalized spacial score (nSPS) is 19.4. The number of sulfone groups is 1. The summed E-state index contributed by atoms with van der Waals surface area (Å²) in [5.41, 5.74) is 7.21. The number of aromatic nitrogens is 2. The van der Waals surface area contributed by atoms with Crippen LogP contribution >= 0.6 is 0 Å². The van der Waals surface area contributed by atoms with Crippen LogP contribution in [0.5, 0.6) is 0 Å². The first-order chi connectivity index (χ1) is 9.97. The molecule has 0 spiro atoms. The van der Waals surface area contributed by atoms with Crippen molar-refractivity contribution in [2.45, 2.75) is 24.3 Å². The average molecular weight is 309 g/mol. The van der Waals surface area contributed by atoms with Gasteiger partial charge in [0.05, 0.1) is 10.4 Å². The van der Waals surface area contributed by atoms with Crippen molar-refractivity contribution in [3.05, 3.63) is 18.2 Å². The molecule has 0 bridgehead atoms. The van der Waals surface area contributed by atoms with Gasteiger partial charge in [-0.15, -0.1) is 0 Å². The maximum Gasteiger partial charge on any atom is 0.201 e. The van der Waals surface area contributed by atoms with Gasteiger partial charge in [-0.3, -0.25) is 0 Å². The molecule has 0 radical (unpaired) electrons. The molecule has 7 heteroatoms. The van der Waals surface area contributed by atoms with Gasteiger partial charge in [-0.1, -0.05) is 6.07 Å². The highest BCUT2D eigenvalue weighted by Gasteiger charge is 2.19. The van der Waals surface area contributed by atoms with E-state index in [1.807, 2.05) is 10.6 Å². The molecule has 2 heterocycles. The summed E-state index contributed by atoms with van der Waals surface area (Å²) in [7, 11) is -3.31. The third-order valence-corrected chi connectivity index (χ3v) is 5.08. The molecule has 21 heavy (non-hydrogen) atoms. The number of aryl methyl sites for hydroxylation is 1. The van der Waals surface area contributed by atoms with Gasteiger partial charge >= 0.3 is 0 Å². The number of nitrogen functional groups attached to an aromatic ring is 1. The molecule has 0 aliphatic carbocycles. The van der Waals surface area contributed by atoms with Crippen LogP contribution in [0.3, 0.4) is 0 Å². The number of nitrogens with zero attached hydrogens (tertiary/aromatic N) is 2. The third-order valence-electron chi connectivity index (χ3n) is 3.96. The van der Waals surface area contributed by atoms with Crippen LogP contribution in [0.1, 0.15) is 12.8 Å². The van der Waals surface area contributed by atoms with Gasteiger partial charge in [-0.25, -0.2) is 13.4 Å². The first-order valence-corrected chi connectivity index (χ1v) is 8.88. The molecular formula is C14H19N3O3S. The molecule has 2 N–H and O–H groups in total. The van der Waals surface area contributed by atoms with E-state index in [-0.39, 0.29) is 4.90 Å². The Hall–Kier alpha value is -1.60. The fraction of sp³-hybridized carbons (Fsp3) is 0.500. The molecule has 0 amide bonds. The summed E-state index contributed by atoms with van der Waals surface area (Å²) in [6.07, 6.45) is 3.22. The van der Waals surface area contributed by atoms with Crippen LogP contribution in [-0.2, 0) is 21.1 Å². The zero-order chi connectivity index (χ0) is 15.0. The quantitative estimate of drug-likeness (QED) is 0.923. The zero-order valence-corrected chi connectivity index (χ0v) is 12.8. The lowest BCUT2D eigenvalue weighted by Crippen LogP contribution is -2.08. The Morgan fingerprint density at radius 1 is 1.48 bits per heavy atom. The summed E-state index contributed by atoms with van der Waals surface area (Å²) >= 11 is 0. The molecule has 1 unspecified atom stereocenters. The van der Waals surface area contributed by atoms with Gasteiger partial charge in [0.25, 0.3) is 0 Å². The van der Waals surface area contributed by atoms with Crippen LogP contribution < -0.4 is 5.73 Å². The average Bonchev–Trinajstić information content (AvgIpc) is 3.01. The Morgan fingerprint density at radius 2 is 2.29 bits per heavy atom. The summed E-state index contributed by atoms with van der Waals surface area (Å²) in [6.45, 7) is 2.34. The molecule has 2 aromatic rings. The Kier molecular flexibility index (Phi) is 3.62. The van der Waals surface area contributed by atoms with E-state index in [0.717, 1.165) is 38.1 Å². The van der Waals surface area contributed by atoms with Crippen LogP contribution in [0, 0.1) is 5.92 Å². The van der Waals surface area contributed by atoms with Crippen LogP contribution in [0.4, 0.5) is 5.95 Å². The standard InChI is InChI=1S/C14H19N3O3S/c1-21(18,19)12-4-2-3-11-13(12)16-14(15)17(11)7-5-10-6-8-20-9-10/h2-4,10H,5-9H2,1H3,(H2,15,16). The molecule has 1 aliphatic rings. The monoisotopic (exact) mass is 309 g/mol. The lowest BCUT2D eigenvalue weighted by Gasteiger charge is -2.10. The minimum Gasteiger partial charge on any atom is -0.381 e. The van der Waals surface area contributed by atoms with Crippen LogP contribution in [0.2, 0.25) is 0 Å². The summed E-state index contributed by atoms with van der Waals surface area (Å²) < 4.78 is 30.9. The van der Waals surface area contributed by atoms with Crippen molar-refractivity contribution in [3.8, 4) is 0 Å². The van der Waals surface area contributed by atoms with Gasteiger partial charge in [0.2, 0.25) is 5.95 Å². The van der Waals surface area contributed by atoms with E-state index in [4.69, 9.17) is 10.5 Å². The summed E-state index contributed by atoms with van der Waals surface area (Å²) in [4.78, 5) is 4.49. The lowest BCUT2D eigenvalue weighted by molar-refractivity contribution is 0.183. The van der Waals surface area contributed by atoms with Gasteiger partial charge in [0.15, 0.2) is 9.84 Å². The van der Waals surface area contributed by atoms with Crippen molar-refractivity contribution in [1.82, 2.24) is 9.55 Å². The maximum atomic E-state index is 11.8. The molecule has 0 saturated carbocycles. The van der Waals surface area contributed by atoms with Crippen molar-refractivity contribution in [2.75, 3.05) is 25.2 Å². The number of para-hydroxylation sites is 1. The fourth-order valence-corrected chi connectivity index (χ4v) is 3.62. The molecule has 1 aromatic carbocycles. The van der Waals surface area contributed by atoms with Crippen LogP contribution in [0.25, 0.3) is 11.0 Å². The SMILES string of the molecule is CS(=O)(=O)c1cccc2c1nc(N)n2CCC1CCOC1. The molecule has 3 rings (SSSR count). The van der Waals surface area contributed by atoms with Gasteiger partial charge in [0.1, 0.15) is 5.52 Å². The predicted molar refractivity (Wildman–Crippen MR) is 80.8 cm³/mol. The number of nitrogens with two attached hydrogens (primary N) is 1. The van der Waals surface area contributed by atoms with Crippen molar-refractivity contribution in [2.24, 2.45) is 5.92 Å². The highest BCUT2D eigenvalue weighted by molar-refractivity contribution is 7.91. The molecule has 6 nitrogen and oxygen atoms in total. The number of anilines is 1. The minimum absolute atomic E-state index is 0.231. The number of hydrogen-bond acceptors (Lipinski definition) is 5. The molecule has 1 aliphatic heterocycles. The Bertz CT molecular complexity index is 761. The smallest absolute Gasteiger partial charge is 0.201 e. The number of ether oxygens (including phenoxy) is 1. The zero-order valence-electron chi connectivity index (χ0n) is 11.9. The maximum absolute atomic E-state index is 11.8. The largest absolute Gasteiger partial charge is 0.381 e. The Morgan fingerprint density at radius 3 is 2.95 bits per heavy atom. The molecule has 1 saturated heterocycles. The number of benzene rings is 1. The lowest BCUT2D eigenvalue weighted by atomic mass is 10.1. The molecular weight excluding hydrogens is 290 g/mol. The summed E-state index contributed by atoms with van der Waals surface area (Å²) in [5, 5.41) is 0. The second-order valence-corrected chi connectivity index (χ2v) is 7.52. The minimum atomic E-state index is -3.31. The third kappa shape index (κ3) is 2.75. The Balaban J connectivity index is 1.97. The summed E-state index contributed by atoms with van der Waals surface area (Å²) in [5.74, 6) is 0.903. The van der Waals surface area contributed by atoms with E-state index < -0.39 is 9.84 Å².